The second-order valence-corrected chi connectivity index (χ2v) is 9.64. The van der Waals surface area contributed by atoms with Crippen molar-refractivity contribution < 1.29 is 14.7 Å². The minimum atomic E-state index is -0.0521. The Morgan fingerprint density at radius 3 is 2.14 bits per heavy atom. The van der Waals surface area contributed by atoms with Gasteiger partial charge in [-0.1, -0.05) is 66.9 Å². The second-order valence-electron chi connectivity index (χ2n) is 8.65. The lowest BCUT2D eigenvalue weighted by atomic mass is 9.85. The van der Waals surface area contributed by atoms with E-state index in [1.165, 1.54) is 48.6 Å². The van der Waals surface area contributed by atoms with Crippen LogP contribution in [0.5, 0.6) is 0 Å². The van der Waals surface area contributed by atoms with E-state index in [1.54, 1.807) is 24.1 Å². The molecule has 2 heterocycles. The normalized spacial score (nSPS) is 16.5. The number of aliphatic hydroxyl groups excluding tert-OH is 1. The van der Waals surface area contributed by atoms with Crippen molar-refractivity contribution in [2.75, 3.05) is 18.2 Å². The first-order chi connectivity index (χ1) is 16.8. The molecule has 0 aliphatic heterocycles. The van der Waals surface area contributed by atoms with Crippen LogP contribution in [-0.4, -0.2) is 50.9 Å². The molecule has 4 rings (SSSR count). The quantitative estimate of drug-likeness (QED) is 0.514. The Morgan fingerprint density at radius 1 is 1.11 bits per heavy atom. The molecule has 0 saturated heterocycles. The van der Waals surface area contributed by atoms with E-state index < -0.39 is 0 Å². The van der Waals surface area contributed by atoms with Gasteiger partial charge in [-0.15, -0.1) is 0 Å². The van der Waals surface area contributed by atoms with E-state index in [9.17, 15) is 9.90 Å². The van der Waals surface area contributed by atoms with Crippen molar-refractivity contribution in [2.24, 2.45) is 5.92 Å². The van der Waals surface area contributed by atoms with Gasteiger partial charge in [0.05, 0.1) is 5.39 Å². The van der Waals surface area contributed by atoms with Gasteiger partial charge in [0.2, 0.25) is 0 Å². The van der Waals surface area contributed by atoms with E-state index in [0.29, 0.717) is 12.0 Å². The maximum Gasteiger partial charge on any atom is 0.185 e. The SMILES string of the molecule is C=O.CC1CCCC[C@H]1N(C)c1ncnc2c1ccn2CO.CSC(C)=O.Cc1ccc(C)cc1. The average Bonchev–Trinajstić information content (AvgIpc) is 3.31. The molecule has 8 heteroatoms. The molecule has 1 aliphatic rings. The third kappa shape index (κ3) is 9.45. The van der Waals surface area contributed by atoms with Crippen LogP contribution in [0.15, 0.2) is 42.9 Å². The number of carbonyl (C=O) groups excluding carboxylic acids is 2. The second kappa shape index (κ2) is 16.1. The Balaban J connectivity index is 0.000000337. The molecule has 7 nitrogen and oxygen atoms in total. The molecule has 0 bridgehead atoms. The summed E-state index contributed by atoms with van der Waals surface area (Å²) >= 11 is 1.24. The Morgan fingerprint density at radius 2 is 1.66 bits per heavy atom. The number of aliphatic hydroxyl groups is 1. The molecular formula is C27H40N4O3S. The monoisotopic (exact) mass is 500 g/mol. The first-order valence-corrected chi connectivity index (χ1v) is 13.0. The minimum Gasteiger partial charge on any atom is -0.376 e. The summed E-state index contributed by atoms with van der Waals surface area (Å²) in [4.78, 5) is 28.8. The van der Waals surface area contributed by atoms with Gasteiger partial charge in [0.1, 0.15) is 31.3 Å². The highest BCUT2D eigenvalue weighted by atomic mass is 32.2. The predicted octanol–water partition coefficient (Wildman–Crippen LogP) is 5.41. The van der Waals surface area contributed by atoms with E-state index >= 15 is 0 Å². The van der Waals surface area contributed by atoms with Gasteiger partial charge >= 0.3 is 0 Å². The number of thioether (sulfide) groups is 1. The van der Waals surface area contributed by atoms with Crippen molar-refractivity contribution in [1.29, 1.82) is 0 Å². The lowest BCUT2D eigenvalue weighted by Crippen LogP contribution is -2.39. The molecule has 1 saturated carbocycles. The van der Waals surface area contributed by atoms with Crippen molar-refractivity contribution in [1.82, 2.24) is 14.5 Å². The summed E-state index contributed by atoms with van der Waals surface area (Å²) in [6.07, 6.45) is 10.4. The number of hydrogen-bond acceptors (Lipinski definition) is 7. The number of hydrogen-bond donors (Lipinski definition) is 1. The Hall–Kier alpha value is -2.71. The van der Waals surface area contributed by atoms with Crippen LogP contribution in [0, 0.1) is 19.8 Å². The number of anilines is 1. The van der Waals surface area contributed by atoms with Gasteiger partial charge < -0.3 is 19.4 Å². The van der Waals surface area contributed by atoms with Crippen LogP contribution in [0.25, 0.3) is 11.0 Å². The number of rotatable bonds is 3. The van der Waals surface area contributed by atoms with Crippen molar-refractivity contribution in [3.63, 3.8) is 0 Å². The van der Waals surface area contributed by atoms with Crippen molar-refractivity contribution in [3.8, 4) is 0 Å². The molecule has 2 aromatic heterocycles. The highest BCUT2D eigenvalue weighted by Gasteiger charge is 2.27. The minimum absolute atomic E-state index is 0.0521. The smallest absolute Gasteiger partial charge is 0.185 e. The standard InChI is InChI=1S/C15H22N4O.C8H10.C3H6OS.CH2O/c1-11-5-3-4-6-13(11)18(2)14-12-7-8-19(10-20)15(12)17-9-16-14;1-7-3-5-8(2)6-4-7;1-3(4)5-2;1-2/h7-9,11,13,20H,3-6,10H2,1-2H3;3-6H,1-2H3;1-2H3;1H2/t11?,13-;;;/m1.../s1. The number of aryl methyl sites for hydroxylation is 2. The van der Waals surface area contributed by atoms with Gasteiger partial charge in [-0.3, -0.25) is 4.79 Å². The van der Waals surface area contributed by atoms with Gasteiger partial charge in [0, 0.05) is 26.2 Å². The summed E-state index contributed by atoms with van der Waals surface area (Å²) in [7, 11) is 2.13. The summed E-state index contributed by atoms with van der Waals surface area (Å²) in [6, 6.07) is 11.0. The first-order valence-electron chi connectivity index (χ1n) is 11.8. The van der Waals surface area contributed by atoms with E-state index in [2.05, 4.69) is 67.0 Å². The third-order valence-corrected chi connectivity index (χ3v) is 6.67. The van der Waals surface area contributed by atoms with E-state index in [-0.39, 0.29) is 11.8 Å². The highest BCUT2D eigenvalue weighted by molar-refractivity contribution is 8.12. The number of nitrogens with zero attached hydrogens (tertiary/aromatic N) is 4. The summed E-state index contributed by atoms with van der Waals surface area (Å²) in [5.41, 5.74) is 3.46. The van der Waals surface area contributed by atoms with Gasteiger partial charge in [0.15, 0.2) is 5.12 Å². The van der Waals surface area contributed by atoms with Crippen molar-refractivity contribution in [3.05, 3.63) is 54.0 Å². The van der Waals surface area contributed by atoms with Crippen LogP contribution >= 0.6 is 11.8 Å². The average molecular weight is 501 g/mol. The molecule has 0 radical (unpaired) electrons. The molecule has 2 atom stereocenters. The molecule has 1 aromatic carbocycles. The van der Waals surface area contributed by atoms with Crippen molar-refractivity contribution >= 4 is 40.5 Å². The largest absolute Gasteiger partial charge is 0.376 e. The summed E-state index contributed by atoms with van der Waals surface area (Å²) in [5.74, 6) is 1.67. The van der Waals surface area contributed by atoms with Gasteiger partial charge in [-0.05, 0) is 44.9 Å². The molecule has 1 fully saturated rings. The van der Waals surface area contributed by atoms with Crippen LogP contribution in [-0.2, 0) is 16.3 Å². The van der Waals surface area contributed by atoms with Crippen LogP contribution in [0.4, 0.5) is 5.82 Å². The van der Waals surface area contributed by atoms with Crippen LogP contribution < -0.4 is 4.90 Å². The maximum absolute atomic E-state index is 9.78. The van der Waals surface area contributed by atoms with Crippen LogP contribution in [0.3, 0.4) is 0 Å². The highest BCUT2D eigenvalue weighted by Crippen LogP contribution is 2.32. The number of benzene rings is 1. The summed E-state index contributed by atoms with van der Waals surface area (Å²) in [5, 5.41) is 10.5. The van der Waals surface area contributed by atoms with E-state index in [0.717, 1.165) is 16.9 Å². The zero-order valence-corrected chi connectivity index (χ0v) is 22.7. The Kier molecular flexibility index (Phi) is 13.9. The van der Waals surface area contributed by atoms with E-state index in [1.807, 2.05) is 19.1 Å². The molecule has 0 amide bonds. The van der Waals surface area contributed by atoms with Crippen LogP contribution in [0.2, 0.25) is 0 Å². The predicted molar refractivity (Wildman–Crippen MR) is 147 cm³/mol. The van der Waals surface area contributed by atoms with Crippen LogP contribution in [0.1, 0.15) is 50.7 Å². The number of carbonyl (C=O) groups is 2. The fourth-order valence-corrected chi connectivity index (χ4v) is 4.05. The first kappa shape index (κ1) is 30.3. The van der Waals surface area contributed by atoms with Gasteiger partial charge in [-0.25, -0.2) is 9.97 Å². The lowest BCUT2D eigenvalue weighted by Gasteiger charge is -2.37. The topological polar surface area (TPSA) is 88.3 Å². The lowest BCUT2D eigenvalue weighted by molar-refractivity contribution is -0.109. The number of fused-ring (bicyclic) bond motifs is 1. The van der Waals surface area contributed by atoms with E-state index in [4.69, 9.17) is 4.79 Å². The third-order valence-electron chi connectivity index (χ3n) is 6.09. The summed E-state index contributed by atoms with van der Waals surface area (Å²) in [6.45, 7) is 10.0. The molecule has 0 spiro atoms. The molecule has 1 N–H and O–H groups in total. The maximum atomic E-state index is 9.78. The zero-order chi connectivity index (χ0) is 26.4. The summed E-state index contributed by atoms with van der Waals surface area (Å²) < 4.78 is 1.73. The zero-order valence-electron chi connectivity index (χ0n) is 21.9. The Labute approximate surface area is 214 Å². The number of aromatic nitrogens is 3. The molecule has 192 valence electrons. The van der Waals surface area contributed by atoms with Gasteiger partial charge in [-0.2, -0.15) is 0 Å². The molecule has 3 aromatic rings. The molecular weight excluding hydrogens is 460 g/mol. The molecule has 1 aliphatic carbocycles. The van der Waals surface area contributed by atoms with Crippen molar-refractivity contribution in [2.45, 2.75) is 66.2 Å². The van der Waals surface area contributed by atoms with Gasteiger partial charge in [0.25, 0.3) is 0 Å². The molecule has 35 heavy (non-hydrogen) atoms. The fraction of sp³-hybridized carbons (Fsp3) is 0.481. The Bertz CT molecular complexity index is 1000. The fourth-order valence-electron chi connectivity index (χ4n) is 4.05. The molecule has 1 unspecified atom stereocenters.